The molecule has 0 bridgehead atoms. The summed E-state index contributed by atoms with van der Waals surface area (Å²) in [5.41, 5.74) is 7.98. The molecule has 5 aromatic carbocycles. The Morgan fingerprint density at radius 1 is 0.444 bits per heavy atom. The van der Waals surface area contributed by atoms with E-state index >= 15 is 0 Å². The van der Waals surface area contributed by atoms with Gasteiger partial charge in [-0.25, -0.2) is 4.98 Å². The number of phenolic OH excluding ortho intramolecular Hbond substituents is 1. The first-order valence-corrected chi connectivity index (χ1v) is 11.9. The standard InChI is InChI=1S/C18H14O.C15H12N2/c19-18-11-9-15(10-12-18)17-8-4-7-16(13-17)14-5-2-1-3-6-14;1-3-7-12(8-4-1)14-11-16-15(17-14)13-9-5-2-6-10-13/h1-13,19H;1-11H,(H,16,17). The van der Waals surface area contributed by atoms with Crippen molar-refractivity contribution in [2.75, 3.05) is 0 Å². The molecule has 0 aliphatic rings. The number of nitrogens with zero attached hydrogens (tertiary/aromatic N) is 1. The van der Waals surface area contributed by atoms with E-state index in [2.05, 4.69) is 58.5 Å². The van der Waals surface area contributed by atoms with Crippen LogP contribution in [0.4, 0.5) is 0 Å². The number of nitrogens with one attached hydrogen (secondary N) is 1. The van der Waals surface area contributed by atoms with Crippen LogP contribution in [0.25, 0.3) is 44.9 Å². The lowest BCUT2D eigenvalue weighted by molar-refractivity contribution is 0.475. The van der Waals surface area contributed by atoms with Gasteiger partial charge in [0.25, 0.3) is 0 Å². The second-order valence-corrected chi connectivity index (χ2v) is 8.37. The van der Waals surface area contributed by atoms with E-state index in [4.69, 9.17) is 0 Å². The van der Waals surface area contributed by atoms with Crippen LogP contribution in [0.15, 0.2) is 146 Å². The molecule has 2 N–H and O–H groups in total. The summed E-state index contributed by atoms with van der Waals surface area (Å²) in [6, 6.07) is 46.4. The molecule has 0 radical (unpaired) electrons. The van der Waals surface area contributed by atoms with Crippen LogP contribution in [-0.2, 0) is 0 Å². The molecule has 174 valence electrons. The van der Waals surface area contributed by atoms with Crippen LogP contribution in [0.5, 0.6) is 5.75 Å². The van der Waals surface area contributed by atoms with Crippen molar-refractivity contribution < 1.29 is 5.11 Å². The second-order valence-electron chi connectivity index (χ2n) is 8.37. The van der Waals surface area contributed by atoms with Gasteiger partial charge in [0.2, 0.25) is 0 Å². The maximum atomic E-state index is 9.34. The van der Waals surface area contributed by atoms with Gasteiger partial charge in [-0.1, -0.05) is 121 Å². The lowest BCUT2D eigenvalue weighted by Crippen LogP contribution is -1.80. The van der Waals surface area contributed by atoms with Gasteiger partial charge in [-0.15, -0.1) is 0 Å². The van der Waals surface area contributed by atoms with Crippen molar-refractivity contribution >= 4 is 0 Å². The fraction of sp³-hybridized carbons (Fsp3) is 0. The molecule has 6 aromatic rings. The molecule has 0 aliphatic carbocycles. The maximum absolute atomic E-state index is 9.34. The summed E-state index contributed by atoms with van der Waals surface area (Å²) in [4.78, 5) is 7.74. The second kappa shape index (κ2) is 11.0. The van der Waals surface area contributed by atoms with E-state index in [1.54, 1.807) is 12.1 Å². The van der Waals surface area contributed by atoms with Crippen molar-refractivity contribution in [1.29, 1.82) is 0 Å². The minimum atomic E-state index is 0.294. The number of hydrogen-bond donors (Lipinski definition) is 2. The van der Waals surface area contributed by atoms with Crippen LogP contribution in [0.3, 0.4) is 0 Å². The number of rotatable bonds is 4. The molecular weight excluding hydrogens is 440 g/mol. The van der Waals surface area contributed by atoms with Crippen molar-refractivity contribution in [2.45, 2.75) is 0 Å². The Morgan fingerprint density at radius 2 is 0.917 bits per heavy atom. The fourth-order valence-electron chi connectivity index (χ4n) is 3.99. The van der Waals surface area contributed by atoms with Gasteiger partial charge < -0.3 is 10.1 Å². The van der Waals surface area contributed by atoms with Crippen molar-refractivity contribution in [1.82, 2.24) is 9.97 Å². The van der Waals surface area contributed by atoms with Crippen molar-refractivity contribution in [3.63, 3.8) is 0 Å². The number of aromatic hydroxyl groups is 1. The van der Waals surface area contributed by atoms with Gasteiger partial charge in [-0.05, 0) is 46.0 Å². The number of imidazole rings is 1. The SMILES string of the molecule is Oc1ccc(-c2cccc(-c3ccccc3)c2)cc1.c1ccc(-c2cnc(-c3ccccc3)[nH]2)cc1. The van der Waals surface area contributed by atoms with Gasteiger partial charge in [0.05, 0.1) is 11.9 Å². The summed E-state index contributed by atoms with van der Waals surface area (Å²) < 4.78 is 0. The number of phenols is 1. The molecule has 0 unspecified atom stereocenters. The first-order valence-electron chi connectivity index (χ1n) is 11.9. The van der Waals surface area contributed by atoms with E-state index < -0.39 is 0 Å². The van der Waals surface area contributed by atoms with Crippen LogP contribution < -0.4 is 0 Å². The minimum absolute atomic E-state index is 0.294. The van der Waals surface area contributed by atoms with Gasteiger partial charge in [0.15, 0.2) is 0 Å². The van der Waals surface area contributed by atoms with Crippen molar-refractivity contribution in [3.05, 3.63) is 146 Å². The normalized spacial score (nSPS) is 10.3. The van der Waals surface area contributed by atoms with Gasteiger partial charge in [-0.2, -0.15) is 0 Å². The van der Waals surface area contributed by atoms with E-state index in [1.165, 1.54) is 11.1 Å². The topological polar surface area (TPSA) is 48.9 Å². The minimum Gasteiger partial charge on any atom is -0.508 e. The van der Waals surface area contributed by atoms with Crippen molar-refractivity contribution in [3.8, 4) is 50.6 Å². The zero-order valence-electron chi connectivity index (χ0n) is 19.8. The summed E-state index contributed by atoms with van der Waals surface area (Å²) in [5, 5.41) is 9.34. The van der Waals surface area contributed by atoms with Crippen LogP contribution in [0.1, 0.15) is 0 Å². The zero-order chi connectivity index (χ0) is 24.6. The number of aromatic nitrogens is 2. The molecule has 3 heteroatoms. The smallest absolute Gasteiger partial charge is 0.137 e. The lowest BCUT2D eigenvalue weighted by atomic mass is 9.99. The van der Waals surface area contributed by atoms with Gasteiger partial charge in [0.1, 0.15) is 11.6 Å². The summed E-state index contributed by atoms with van der Waals surface area (Å²) >= 11 is 0. The summed E-state index contributed by atoms with van der Waals surface area (Å²) in [6.45, 7) is 0. The fourth-order valence-corrected chi connectivity index (χ4v) is 3.99. The molecule has 0 amide bonds. The third kappa shape index (κ3) is 5.60. The molecule has 0 aliphatic heterocycles. The van der Waals surface area contributed by atoms with E-state index in [0.717, 1.165) is 33.8 Å². The Bertz CT molecular complexity index is 1450. The molecule has 0 spiro atoms. The molecule has 1 heterocycles. The Labute approximate surface area is 211 Å². The quantitative estimate of drug-likeness (QED) is 0.274. The predicted octanol–water partition coefficient (Wildman–Crippen LogP) is 8.47. The van der Waals surface area contributed by atoms with E-state index in [0.29, 0.717) is 5.75 Å². The molecule has 6 rings (SSSR count). The Morgan fingerprint density at radius 3 is 1.50 bits per heavy atom. The Kier molecular flexibility index (Phi) is 7.01. The average molecular weight is 467 g/mol. The largest absolute Gasteiger partial charge is 0.508 e. The third-order valence-electron chi connectivity index (χ3n) is 5.88. The summed E-state index contributed by atoms with van der Waals surface area (Å²) in [6.07, 6.45) is 1.87. The number of benzene rings is 5. The molecule has 1 aromatic heterocycles. The molecule has 0 atom stereocenters. The maximum Gasteiger partial charge on any atom is 0.137 e. The number of aromatic amines is 1. The third-order valence-corrected chi connectivity index (χ3v) is 5.88. The van der Waals surface area contributed by atoms with Gasteiger partial charge in [0, 0.05) is 5.56 Å². The highest BCUT2D eigenvalue weighted by Crippen LogP contribution is 2.27. The molecule has 36 heavy (non-hydrogen) atoms. The molecular formula is C33H26N2O. The summed E-state index contributed by atoms with van der Waals surface area (Å²) in [5.74, 6) is 1.20. The number of hydrogen-bond acceptors (Lipinski definition) is 2. The Balaban J connectivity index is 0.000000149. The monoisotopic (exact) mass is 466 g/mol. The van der Waals surface area contributed by atoms with Crippen LogP contribution >= 0.6 is 0 Å². The summed E-state index contributed by atoms with van der Waals surface area (Å²) in [7, 11) is 0. The first kappa shape index (κ1) is 22.9. The lowest BCUT2D eigenvalue weighted by Gasteiger charge is -2.06. The van der Waals surface area contributed by atoms with Crippen LogP contribution in [-0.4, -0.2) is 15.1 Å². The first-order chi connectivity index (χ1) is 17.8. The van der Waals surface area contributed by atoms with E-state index in [1.807, 2.05) is 85.1 Å². The zero-order valence-corrected chi connectivity index (χ0v) is 19.8. The highest BCUT2D eigenvalue weighted by Gasteiger charge is 2.04. The van der Waals surface area contributed by atoms with E-state index in [-0.39, 0.29) is 0 Å². The molecule has 0 saturated carbocycles. The number of H-pyrrole nitrogens is 1. The van der Waals surface area contributed by atoms with E-state index in [9.17, 15) is 5.11 Å². The van der Waals surface area contributed by atoms with Crippen molar-refractivity contribution in [2.24, 2.45) is 0 Å². The highest BCUT2D eigenvalue weighted by atomic mass is 16.3. The van der Waals surface area contributed by atoms with Gasteiger partial charge in [-0.3, -0.25) is 0 Å². The average Bonchev–Trinajstić information content (AvgIpc) is 3.46. The Hall–Kier alpha value is -4.89. The molecule has 3 nitrogen and oxygen atoms in total. The predicted molar refractivity (Wildman–Crippen MR) is 148 cm³/mol. The highest BCUT2D eigenvalue weighted by molar-refractivity contribution is 5.73. The van der Waals surface area contributed by atoms with Crippen LogP contribution in [0.2, 0.25) is 0 Å². The molecule has 0 saturated heterocycles. The van der Waals surface area contributed by atoms with Gasteiger partial charge >= 0.3 is 0 Å². The molecule has 0 fully saturated rings. The van der Waals surface area contributed by atoms with Crippen LogP contribution in [0, 0.1) is 0 Å².